The molecule has 0 fully saturated rings. The van der Waals surface area contributed by atoms with Crippen LogP contribution >= 0.6 is 11.8 Å². The molecule has 130 valence electrons. The number of anilines is 1. The molecule has 0 spiro atoms. The number of aryl methyl sites for hydroxylation is 1. The molecule has 0 atom stereocenters. The second kappa shape index (κ2) is 7.12. The van der Waals surface area contributed by atoms with Crippen LogP contribution in [0.5, 0.6) is 5.75 Å². The molecule has 0 saturated carbocycles. The number of hydrogen-bond acceptors (Lipinski definition) is 7. The van der Waals surface area contributed by atoms with E-state index >= 15 is 0 Å². The average Bonchev–Trinajstić information content (AvgIpc) is 2.62. The SMILES string of the molecule is CONc1cccc(-n2c(=O)c(OC)c(C)c3cnc(SC)nc32)c1. The van der Waals surface area contributed by atoms with Crippen molar-refractivity contribution >= 4 is 28.5 Å². The third-order valence-corrected chi connectivity index (χ3v) is 4.37. The van der Waals surface area contributed by atoms with Crippen LogP contribution in [0.2, 0.25) is 0 Å². The summed E-state index contributed by atoms with van der Waals surface area (Å²) < 4.78 is 6.88. The van der Waals surface area contributed by atoms with Crippen molar-refractivity contribution in [1.29, 1.82) is 0 Å². The van der Waals surface area contributed by atoms with Crippen LogP contribution in [-0.2, 0) is 4.84 Å². The van der Waals surface area contributed by atoms with Crippen molar-refractivity contribution in [3.63, 3.8) is 0 Å². The first kappa shape index (κ1) is 17.2. The lowest BCUT2D eigenvalue weighted by Crippen LogP contribution is -2.22. The molecular formula is C17H18N4O3S. The molecule has 0 saturated heterocycles. The number of pyridine rings is 1. The zero-order valence-electron chi connectivity index (χ0n) is 14.4. The van der Waals surface area contributed by atoms with E-state index in [4.69, 9.17) is 9.57 Å². The van der Waals surface area contributed by atoms with Gasteiger partial charge in [-0.25, -0.2) is 9.97 Å². The molecule has 0 aliphatic carbocycles. The Bertz CT molecular complexity index is 988. The van der Waals surface area contributed by atoms with Gasteiger partial charge in [-0.2, -0.15) is 0 Å². The standard InChI is InChI=1S/C17H18N4O3S/c1-10-13-9-18-17(25-4)19-15(13)21(16(22)14(10)23-2)12-7-5-6-11(8-12)20-24-3/h5-9,20H,1-4H3. The van der Waals surface area contributed by atoms with Gasteiger partial charge in [0, 0.05) is 17.1 Å². The molecule has 1 N–H and O–H groups in total. The van der Waals surface area contributed by atoms with Gasteiger partial charge < -0.3 is 4.74 Å². The number of fused-ring (bicyclic) bond motifs is 1. The van der Waals surface area contributed by atoms with Crippen LogP contribution in [0.25, 0.3) is 16.7 Å². The van der Waals surface area contributed by atoms with E-state index in [0.29, 0.717) is 16.5 Å². The highest BCUT2D eigenvalue weighted by atomic mass is 32.2. The molecule has 0 aliphatic rings. The van der Waals surface area contributed by atoms with Crippen molar-refractivity contribution in [1.82, 2.24) is 14.5 Å². The Morgan fingerprint density at radius 2 is 2.08 bits per heavy atom. The van der Waals surface area contributed by atoms with Gasteiger partial charge >= 0.3 is 0 Å². The summed E-state index contributed by atoms with van der Waals surface area (Å²) in [6.45, 7) is 1.83. The molecule has 25 heavy (non-hydrogen) atoms. The summed E-state index contributed by atoms with van der Waals surface area (Å²) in [5.74, 6) is 0.276. The Labute approximate surface area is 149 Å². The van der Waals surface area contributed by atoms with E-state index in [1.54, 1.807) is 12.3 Å². The molecule has 0 radical (unpaired) electrons. The van der Waals surface area contributed by atoms with Crippen molar-refractivity contribution < 1.29 is 9.57 Å². The van der Waals surface area contributed by atoms with Crippen LogP contribution in [0.4, 0.5) is 5.69 Å². The number of nitrogens with zero attached hydrogens (tertiary/aromatic N) is 3. The van der Waals surface area contributed by atoms with Crippen molar-refractivity contribution in [3.05, 3.63) is 46.4 Å². The van der Waals surface area contributed by atoms with Crippen molar-refractivity contribution in [2.24, 2.45) is 0 Å². The molecule has 0 bridgehead atoms. The Morgan fingerprint density at radius 1 is 1.28 bits per heavy atom. The molecule has 1 aromatic carbocycles. The van der Waals surface area contributed by atoms with Gasteiger partial charge in [0.15, 0.2) is 16.6 Å². The lowest BCUT2D eigenvalue weighted by Gasteiger charge is -2.15. The minimum Gasteiger partial charge on any atom is -0.491 e. The van der Waals surface area contributed by atoms with Crippen LogP contribution in [-0.4, -0.2) is 35.0 Å². The quantitative estimate of drug-likeness (QED) is 0.427. The summed E-state index contributed by atoms with van der Waals surface area (Å²) in [5, 5.41) is 1.36. The average molecular weight is 358 g/mol. The molecular weight excluding hydrogens is 340 g/mol. The molecule has 3 rings (SSSR count). The van der Waals surface area contributed by atoms with Crippen LogP contribution < -0.4 is 15.8 Å². The number of ether oxygens (including phenoxy) is 1. The van der Waals surface area contributed by atoms with Gasteiger partial charge in [0.05, 0.1) is 25.6 Å². The maximum atomic E-state index is 13.0. The fourth-order valence-corrected chi connectivity index (χ4v) is 3.01. The van der Waals surface area contributed by atoms with Crippen LogP contribution in [0.1, 0.15) is 5.56 Å². The van der Waals surface area contributed by atoms with Gasteiger partial charge in [-0.15, -0.1) is 0 Å². The highest BCUT2D eigenvalue weighted by Crippen LogP contribution is 2.26. The zero-order chi connectivity index (χ0) is 18.0. The van der Waals surface area contributed by atoms with E-state index in [2.05, 4.69) is 15.4 Å². The Balaban J connectivity index is 2.39. The second-order valence-corrected chi connectivity index (χ2v) is 6.02. The van der Waals surface area contributed by atoms with Crippen molar-refractivity contribution in [2.75, 3.05) is 26.0 Å². The molecule has 2 heterocycles. The lowest BCUT2D eigenvalue weighted by atomic mass is 10.1. The van der Waals surface area contributed by atoms with Gasteiger partial charge in [-0.3, -0.25) is 19.7 Å². The maximum Gasteiger partial charge on any atom is 0.299 e. The largest absolute Gasteiger partial charge is 0.491 e. The number of thioether (sulfide) groups is 1. The van der Waals surface area contributed by atoms with E-state index in [1.165, 1.54) is 30.5 Å². The first-order chi connectivity index (χ1) is 12.1. The van der Waals surface area contributed by atoms with E-state index in [9.17, 15) is 4.79 Å². The first-order valence-corrected chi connectivity index (χ1v) is 8.73. The van der Waals surface area contributed by atoms with Crippen molar-refractivity contribution in [2.45, 2.75) is 12.1 Å². The second-order valence-electron chi connectivity index (χ2n) is 5.25. The summed E-state index contributed by atoms with van der Waals surface area (Å²) in [5.41, 5.74) is 5.13. The summed E-state index contributed by atoms with van der Waals surface area (Å²) in [6, 6.07) is 7.31. The molecule has 7 nitrogen and oxygen atoms in total. The molecule has 3 aromatic rings. The minimum atomic E-state index is -0.271. The number of rotatable bonds is 5. The predicted octanol–water partition coefficient (Wildman–Crippen LogP) is 2.79. The first-order valence-electron chi connectivity index (χ1n) is 7.50. The Morgan fingerprint density at radius 3 is 2.76 bits per heavy atom. The third-order valence-electron chi connectivity index (χ3n) is 3.81. The minimum absolute atomic E-state index is 0.271. The Kier molecular flexibility index (Phi) is 4.91. The van der Waals surface area contributed by atoms with Crippen LogP contribution in [0.3, 0.4) is 0 Å². The summed E-state index contributed by atoms with van der Waals surface area (Å²) in [4.78, 5) is 26.8. The highest BCUT2D eigenvalue weighted by molar-refractivity contribution is 7.98. The van der Waals surface area contributed by atoms with Gasteiger partial charge in [0.1, 0.15) is 0 Å². The van der Waals surface area contributed by atoms with Gasteiger partial charge in [-0.05, 0) is 31.4 Å². The van der Waals surface area contributed by atoms with E-state index in [1.807, 2.05) is 31.4 Å². The fourth-order valence-electron chi connectivity index (χ4n) is 2.68. The smallest absolute Gasteiger partial charge is 0.299 e. The van der Waals surface area contributed by atoms with Crippen LogP contribution in [0.15, 0.2) is 40.4 Å². The van der Waals surface area contributed by atoms with E-state index in [0.717, 1.165) is 16.6 Å². The van der Waals surface area contributed by atoms with E-state index in [-0.39, 0.29) is 11.3 Å². The number of hydrogen-bond donors (Lipinski definition) is 1. The number of aromatic nitrogens is 3. The predicted molar refractivity (Wildman–Crippen MR) is 98.8 cm³/mol. The molecule has 2 aromatic heterocycles. The molecule has 0 unspecified atom stereocenters. The van der Waals surface area contributed by atoms with Gasteiger partial charge in [-0.1, -0.05) is 17.8 Å². The van der Waals surface area contributed by atoms with Crippen molar-refractivity contribution in [3.8, 4) is 11.4 Å². The third kappa shape index (κ3) is 3.06. The fraction of sp³-hybridized carbons (Fsp3) is 0.235. The molecule has 8 heteroatoms. The normalized spacial score (nSPS) is 10.9. The number of benzene rings is 1. The van der Waals surface area contributed by atoms with Crippen LogP contribution in [0, 0.1) is 6.92 Å². The topological polar surface area (TPSA) is 78.3 Å². The lowest BCUT2D eigenvalue weighted by molar-refractivity contribution is 0.271. The highest BCUT2D eigenvalue weighted by Gasteiger charge is 2.18. The van der Waals surface area contributed by atoms with Gasteiger partial charge in [0.2, 0.25) is 0 Å². The molecule has 0 aliphatic heterocycles. The number of methoxy groups -OCH3 is 1. The Hall–Kier alpha value is -2.58. The maximum absolute atomic E-state index is 13.0. The van der Waals surface area contributed by atoms with E-state index < -0.39 is 0 Å². The molecule has 0 amide bonds. The van der Waals surface area contributed by atoms with Gasteiger partial charge in [0.25, 0.3) is 5.56 Å². The summed E-state index contributed by atoms with van der Waals surface area (Å²) >= 11 is 1.42. The summed E-state index contributed by atoms with van der Waals surface area (Å²) in [7, 11) is 3.01. The monoisotopic (exact) mass is 358 g/mol. The summed E-state index contributed by atoms with van der Waals surface area (Å²) in [6.07, 6.45) is 3.61. The zero-order valence-corrected chi connectivity index (χ0v) is 15.2. The number of nitrogens with one attached hydrogen (secondary N) is 1.